The number of hydrogen-bond acceptors (Lipinski definition) is 6. The van der Waals surface area contributed by atoms with E-state index in [-0.39, 0.29) is 23.9 Å². The van der Waals surface area contributed by atoms with Crippen molar-refractivity contribution < 1.29 is 14.3 Å². The van der Waals surface area contributed by atoms with Gasteiger partial charge in [0, 0.05) is 24.7 Å². The molecule has 0 spiro atoms. The van der Waals surface area contributed by atoms with Gasteiger partial charge in [0.15, 0.2) is 0 Å². The topological polar surface area (TPSA) is 93.7 Å². The lowest BCUT2D eigenvalue weighted by Crippen LogP contribution is -2.48. The van der Waals surface area contributed by atoms with E-state index in [0.29, 0.717) is 17.3 Å². The summed E-state index contributed by atoms with van der Waals surface area (Å²) in [6.07, 6.45) is 7.44. The summed E-state index contributed by atoms with van der Waals surface area (Å²) in [6, 6.07) is 7.79. The Labute approximate surface area is 182 Å². The number of hydrogen-bond donors (Lipinski definition) is 1. The molecule has 2 fully saturated rings. The Morgan fingerprint density at radius 2 is 1.74 bits per heavy atom. The summed E-state index contributed by atoms with van der Waals surface area (Å²) >= 11 is 0. The van der Waals surface area contributed by atoms with E-state index in [1.54, 1.807) is 31.2 Å². The quantitative estimate of drug-likeness (QED) is 0.741. The number of benzene rings is 1. The third-order valence-corrected chi connectivity index (χ3v) is 6.32. The number of piperidine rings is 2. The molecule has 8 nitrogen and oxygen atoms in total. The fraction of sp³-hybridized carbons (Fsp3) is 0.522. The zero-order valence-electron chi connectivity index (χ0n) is 18.1. The first-order valence-electron chi connectivity index (χ1n) is 11.2. The molecule has 8 heteroatoms. The van der Waals surface area contributed by atoms with Crippen LogP contribution in [0.25, 0.3) is 5.69 Å². The molecule has 1 amide bonds. The van der Waals surface area contributed by atoms with Crippen molar-refractivity contribution in [1.82, 2.24) is 19.6 Å². The Morgan fingerprint density at radius 1 is 1.06 bits per heavy atom. The summed E-state index contributed by atoms with van der Waals surface area (Å²) in [5.74, 6) is -0.215. The molecule has 0 radical (unpaired) electrons. The van der Waals surface area contributed by atoms with Gasteiger partial charge < -0.3 is 20.3 Å². The summed E-state index contributed by atoms with van der Waals surface area (Å²) in [6.45, 7) is 6.02. The highest BCUT2D eigenvalue weighted by atomic mass is 16.5. The minimum Gasteiger partial charge on any atom is -0.462 e. The van der Waals surface area contributed by atoms with Crippen LogP contribution in [0.1, 0.15) is 59.7 Å². The van der Waals surface area contributed by atoms with E-state index in [9.17, 15) is 9.59 Å². The van der Waals surface area contributed by atoms with Crippen LogP contribution >= 0.6 is 0 Å². The third-order valence-electron chi connectivity index (χ3n) is 6.32. The van der Waals surface area contributed by atoms with E-state index in [1.165, 1.54) is 43.2 Å². The second-order valence-electron chi connectivity index (χ2n) is 8.24. The smallest absolute Gasteiger partial charge is 0.343 e. The van der Waals surface area contributed by atoms with Crippen LogP contribution in [0, 0.1) is 0 Å². The van der Waals surface area contributed by atoms with Gasteiger partial charge in [-0.2, -0.15) is 5.10 Å². The molecule has 0 bridgehead atoms. The molecule has 31 heavy (non-hydrogen) atoms. The van der Waals surface area contributed by atoms with Gasteiger partial charge in [0.2, 0.25) is 0 Å². The number of nitrogens with zero attached hydrogens (tertiary/aromatic N) is 4. The molecule has 2 aliphatic rings. The molecule has 2 N–H and O–H groups in total. The van der Waals surface area contributed by atoms with Crippen molar-refractivity contribution in [3.8, 4) is 5.69 Å². The molecule has 2 saturated heterocycles. The van der Waals surface area contributed by atoms with E-state index in [2.05, 4.69) is 10.00 Å². The molecular formula is C23H31N5O3. The lowest BCUT2D eigenvalue weighted by Gasteiger charge is -2.40. The number of anilines is 1. The number of ether oxygens (including phenoxy) is 1. The van der Waals surface area contributed by atoms with Gasteiger partial charge in [0.05, 0.1) is 18.5 Å². The minimum absolute atomic E-state index is 0.0595. The Balaban J connectivity index is 1.38. The largest absolute Gasteiger partial charge is 0.462 e. The number of esters is 1. The molecule has 0 aliphatic carbocycles. The van der Waals surface area contributed by atoms with Crippen LogP contribution in [0.3, 0.4) is 0 Å². The van der Waals surface area contributed by atoms with Crippen molar-refractivity contribution in [3.05, 3.63) is 41.6 Å². The molecule has 0 saturated carbocycles. The van der Waals surface area contributed by atoms with Crippen molar-refractivity contribution in [2.45, 2.75) is 45.1 Å². The number of nitrogens with two attached hydrogens (primary N) is 1. The first kappa shape index (κ1) is 21.4. The predicted octanol–water partition coefficient (Wildman–Crippen LogP) is 2.72. The second kappa shape index (κ2) is 9.51. The summed E-state index contributed by atoms with van der Waals surface area (Å²) in [7, 11) is 0. The molecule has 3 heterocycles. The summed E-state index contributed by atoms with van der Waals surface area (Å²) in [5.41, 5.74) is 7.65. The Bertz CT molecular complexity index is 910. The number of carbonyl (C=O) groups excluding carboxylic acids is 2. The maximum atomic E-state index is 13.0. The normalized spacial score (nSPS) is 18.2. The van der Waals surface area contributed by atoms with Crippen LogP contribution in [0.15, 0.2) is 30.5 Å². The lowest BCUT2D eigenvalue weighted by atomic mass is 9.99. The van der Waals surface area contributed by atoms with Gasteiger partial charge in [-0.3, -0.25) is 4.79 Å². The number of likely N-dealkylation sites (tertiary alicyclic amines) is 2. The van der Waals surface area contributed by atoms with E-state index in [4.69, 9.17) is 10.5 Å². The highest BCUT2D eigenvalue weighted by molar-refractivity contribution is 5.95. The van der Waals surface area contributed by atoms with Gasteiger partial charge in [-0.1, -0.05) is 6.42 Å². The Morgan fingerprint density at radius 3 is 2.39 bits per heavy atom. The van der Waals surface area contributed by atoms with Crippen LogP contribution in [-0.4, -0.2) is 70.3 Å². The monoisotopic (exact) mass is 425 g/mol. The Kier molecular flexibility index (Phi) is 6.56. The lowest BCUT2D eigenvalue weighted by molar-refractivity contribution is 0.0526. The third kappa shape index (κ3) is 4.58. The van der Waals surface area contributed by atoms with Crippen LogP contribution in [-0.2, 0) is 4.74 Å². The van der Waals surface area contributed by atoms with Crippen molar-refractivity contribution in [3.63, 3.8) is 0 Å². The fourth-order valence-electron chi connectivity index (χ4n) is 4.58. The molecule has 2 aliphatic heterocycles. The highest BCUT2D eigenvalue weighted by Gasteiger charge is 2.28. The minimum atomic E-state index is -0.494. The van der Waals surface area contributed by atoms with Crippen LogP contribution in [0.4, 0.5) is 5.82 Å². The fourth-order valence-corrected chi connectivity index (χ4v) is 4.58. The number of nitrogen functional groups attached to an aromatic ring is 1. The summed E-state index contributed by atoms with van der Waals surface area (Å²) < 4.78 is 6.47. The van der Waals surface area contributed by atoms with Crippen molar-refractivity contribution in [2.75, 3.05) is 38.5 Å². The van der Waals surface area contributed by atoms with Gasteiger partial charge in [-0.05, 0) is 70.0 Å². The maximum absolute atomic E-state index is 13.0. The van der Waals surface area contributed by atoms with Crippen LogP contribution < -0.4 is 5.73 Å². The van der Waals surface area contributed by atoms with Gasteiger partial charge in [-0.15, -0.1) is 0 Å². The second-order valence-corrected chi connectivity index (χ2v) is 8.24. The van der Waals surface area contributed by atoms with Crippen molar-refractivity contribution in [2.24, 2.45) is 0 Å². The maximum Gasteiger partial charge on any atom is 0.343 e. The average molecular weight is 426 g/mol. The van der Waals surface area contributed by atoms with Gasteiger partial charge >= 0.3 is 5.97 Å². The highest BCUT2D eigenvalue weighted by Crippen LogP contribution is 2.23. The first-order chi connectivity index (χ1) is 15.1. The zero-order chi connectivity index (χ0) is 21.8. The predicted molar refractivity (Wildman–Crippen MR) is 118 cm³/mol. The molecule has 1 aromatic carbocycles. The molecule has 4 rings (SSSR count). The number of carbonyl (C=O) groups is 2. The molecule has 2 aromatic rings. The number of aromatic nitrogens is 2. The van der Waals surface area contributed by atoms with Crippen LogP contribution in [0.5, 0.6) is 0 Å². The standard InChI is InChI=1S/C23H31N5O3/c1-2-31-23(30)20-16-25-28(21(20)24)19-8-6-17(7-9-19)22(29)27-14-10-18(11-15-27)26-12-4-3-5-13-26/h6-9,16,18H,2-5,10-15,24H2,1H3. The van der Waals surface area contributed by atoms with Gasteiger partial charge in [0.25, 0.3) is 5.91 Å². The van der Waals surface area contributed by atoms with E-state index >= 15 is 0 Å². The van der Waals surface area contributed by atoms with E-state index in [0.717, 1.165) is 25.9 Å². The average Bonchev–Trinajstić information content (AvgIpc) is 3.21. The number of amides is 1. The molecule has 0 atom stereocenters. The van der Waals surface area contributed by atoms with Crippen LogP contribution in [0.2, 0.25) is 0 Å². The zero-order valence-corrected chi connectivity index (χ0v) is 18.1. The molecule has 1 aromatic heterocycles. The van der Waals surface area contributed by atoms with Crippen molar-refractivity contribution in [1.29, 1.82) is 0 Å². The first-order valence-corrected chi connectivity index (χ1v) is 11.2. The summed E-state index contributed by atoms with van der Waals surface area (Å²) in [5, 5.41) is 4.20. The van der Waals surface area contributed by atoms with Crippen molar-refractivity contribution >= 4 is 17.7 Å². The van der Waals surface area contributed by atoms with Gasteiger partial charge in [-0.25, -0.2) is 9.48 Å². The molecular weight excluding hydrogens is 394 g/mol. The van der Waals surface area contributed by atoms with E-state index in [1.807, 2.05) is 4.90 Å². The number of rotatable bonds is 5. The SMILES string of the molecule is CCOC(=O)c1cnn(-c2ccc(C(=O)N3CCC(N4CCCCC4)CC3)cc2)c1N. The van der Waals surface area contributed by atoms with E-state index < -0.39 is 5.97 Å². The Hall–Kier alpha value is -2.87. The summed E-state index contributed by atoms with van der Waals surface area (Å²) in [4.78, 5) is 29.5. The van der Waals surface area contributed by atoms with Gasteiger partial charge in [0.1, 0.15) is 11.4 Å². The molecule has 166 valence electrons. The molecule has 0 unspecified atom stereocenters.